The van der Waals surface area contributed by atoms with Crippen molar-refractivity contribution in [3.63, 3.8) is 0 Å². The Balaban J connectivity index is 2.73. The van der Waals surface area contributed by atoms with Crippen LogP contribution >= 0.6 is 0 Å². The molecule has 3 nitrogen and oxygen atoms in total. The van der Waals surface area contributed by atoms with Crippen LogP contribution in [0.5, 0.6) is 0 Å². The summed E-state index contributed by atoms with van der Waals surface area (Å²) >= 11 is 0. The minimum Gasteiger partial charge on any atom is -0.469 e. The van der Waals surface area contributed by atoms with Crippen molar-refractivity contribution in [3.05, 3.63) is 53.6 Å². The zero-order chi connectivity index (χ0) is 19.5. The third-order valence-corrected chi connectivity index (χ3v) is 4.16. The van der Waals surface area contributed by atoms with E-state index in [1.54, 1.807) is 24.3 Å². The summed E-state index contributed by atoms with van der Waals surface area (Å²) in [5.41, 5.74) is 5.54. The Morgan fingerprint density at radius 3 is 2.23 bits per heavy atom. The van der Waals surface area contributed by atoms with Gasteiger partial charge in [-0.05, 0) is 41.2 Å². The second-order valence-corrected chi connectivity index (χ2v) is 6.60. The van der Waals surface area contributed by atoms with Crippen LogP contribution in [0.3, 0.4) is 0 Å². The molecule has 0 aliphatic rings. The van der Waals surface area contributed by atoms with E-state index in [0.717, 1.165) is 5.56 Å². The molecule has 2 N–H and O–H groups in total. The third kappa shape index (κ3) is 4.36. The molecule has 0 fully saturated rings. The molecule has 1 unspecified atom stereocenters. The fourth-order valence-corrected chi connectivity index (χ4v) is 3.05. The number of esters is 1. The first-order valence-electron chi connectivity index (χ1n) is 8.29. The molecule has 0 saturated heterocycles. The maximum atomic E-state index is 13.7. The first-order valence-corrected chi connectivity index (χ1v) is 8.29. The number of carbonyl (C=O) groups excluding carboxylic acids is 1. The van der Waals surface area contributed by atoms with Crippen LogP contribution in [-0.4, -0.2) is 13.1 Å². The van der Waals surface area contributed by atoms with E-state index in [9.17, 15) is 18.0 Å². The van der Waals surface area contributed by atoms with Crippen LogP contribution in [0.1, 0.15) is 37.3 Å². The van der Waals surface area contributed by atoms with Gasteiger partial charge in [0.1, 0.15) is 0 Å². The number of rotatable bonds is 5. The van der Waals surface area contributed by atoms with Crippen molar-refractivity contribution in [2.45, 2.75) is 32.4 Å². The summed E-state index contributed by atoms with van der Waals surface area (Å²) in [6.45, 7) is 3.68. The second-order valence-electron chi connectivity index (χ2n) is 6.60. The van der Waals surface area contributed by atoms with Gasteiger partial charge in [-0.25, -0.2) is 0 Å². The average molecular weight is 365 g/mol. The smallest absolute Gasteiger partial charge is 0.418 e. The fraction of sp³-hybridized carbons (Fsp3) is 0.350. The van der Waals surface area contributed by atoms with E-state index in [-0.39, 0.29) is 17.9 Å². The highest BCUT2D eigenvalue weighted by atomic mass is 19.4. The summed E-state index contributed by atoms with van der Waals surface area (Å²) < 4.78 is 45.8. The summed E-state index contributed by atoms with van der Waals surface area (Å²) in [6.07, 6.45) is -4.44. The summed E-state index contributed by atoms with van der Waals surface area (Å²) in [4.78, 5) is 12.3. The molecule has 2 aromatic carbocycles. The quantitative estimate of drug-likeness (QED) is 0.581. The Kier molecular flexibility index (Phi) is 5.95. The maximum Gasteiger partial charge on any atom is 0.418 e. The number of anilines is 1. The minimum atomic E-state index is -4.67. The topological polar surface area (TPSA) is 52.3 Å². The number of halogens is 3. The molecule has 0 bridgehead atoms. The number of nitrogens with two attached hydrogens (primary N) is 1. The molecule has 0 aliphatic carbocycles. The summed E-state index contributed by atoms with van der Waals surface area (Å²) in [7, 11) is 1.17. The van der Waals surface area contributed by atoms with Crippen LogP contribution in [0.4, 0.5) is 18.9 Å². The number of benzene rings is 2. The molecule has 0 aliphatic heterocycles. The van der Waals surface area contributed by atoms with Crippen molar-refractivity contribution in [1.82, 2.24) is 0 Å². The highest BCUT2D eigenvalue weighted by Crippen LogP contribution is 2.43. The normalized spacial score (nSPS) is 12.9. The van der Waals surface area contributed by atoms with E-state index >= 15 is 0 Å². The predicted molar refractivity (Wildman–Crippen MR) is 95.5 cm³/mol. The average Bonchev–Trinajstić information content (AvgIpc) is 2.57. The molecule has 2 aromatic rings. The van der Waals surface area contributed by atoms with Gasteiger partial charge in [0.15, 0.2) is 0 Å². The van der Waals surface area contributed by atoms with E-state index in [1.807, 2.05) is 19.9 Å². The second kappa shape index (κ2) is 7.81. The van der Waals surface area contributed by atoms with Crippen molar-refractivity contribution < 1.29 is 22.7 Å². The van der Waals surface area contributed by atoms with Crippen LogP contribution in [0.2, 0.25) is 0 Å². The van der Waals surface area contributed by atoms with E-state index in [2.05, 4.69) is 0 Å². The summed E-state index contributed by atoms with van der Waals surface area (Å²) in [5, 5.41) is 0. The molecule has 0 aromatic heterocycles. The Morgan fingerprint density at radius 2 is 1.73 bits per heavy atom. The highest BCUT2D eigenvalue weighted by molar-refractivity contribution is 5.82. The third-order valence-electron chi connectivity index (χ3n) is 4.16. The zero-order valence-electron chi connectivity index (χ0n) is 14.9. The highest BCUT2D eigenvalue weighted by Gasteiger charge is 2.40. The lowest BCUT2D eigenvalue weighted by Gasteiger charge is -2.24. The Hall–Kier alpha value is -2.50. The lowest BCUT2D eigenvalue weighted by atomic mass is 9.84. The zero-order valence-corrected chi connectivity index (χ0v) is 14.9. The van der Waals surface area contributed by atoms with Gasteiger partial charge >= 0.3 is 12.1 Å². The van der Waals surface area contributed by atoms with Gasteiger partial charge in [0.25, 0.3) is 0 Å². The number of hydrogen-bond donors (Lipinski definition) is 1. The monoisotopic (exact) mass is 365 g/mol. The molecule has 26 heavy (non-hydrogen) atoms. The van der Waals surface area contributed by atoms with Gasteiger partial charge in [0.2, 0.25) is 0 Å². The molecular weight excluding hydrogens is 343 g/mol. The van der Waals surface area contributed by atoms with Gasteiger partial charge < -0.3 is 10.5 Å². The van der Waals surface area contributed by atoms with Crippen LogP contribution in [0.15, 0.2) is 42.5 Å². The summed E-state index contributed by atoms with van der Waals surface area (Å²) in [6, 6.07) is 11.6. The van der Waals surface area contributed by atoms with Crippen molar-refractivity contribution in [1.29, 1.82) is 0 Å². The molecule has 0 radical (unpaired) electrons. The van der Waals surface area contributed by atoms with E-state index < -0.39 is 29.3 Å². The van der Waals surface area contributed by atoms with Crippen LogP contribution in [0, 0.1) is 5.92 Å². The van der Waals surface area contributed by atoms with Crippen LogP contribution in [0.25, 0.3) is 11.1 Å². The SMILES string of the molecule is COC(=O)C(CC(C)C)c1cc(-c2ccccc2)cc(N)c1C(F)(F)F. The molecule has 0 spiro atoms. The molecule has 140 valence electrons. The number of alkyl halides is 3. The Bertz CT molecular complexity index is 771. The van der Waals surface area contributed by atoms with Crippen molar-refractivity contribution >= 4 is 11.7 Å². The van der Waals surface area contributed by atoms with Gasteiger partial charge in [-0.3, -0.25) is 4.79 Å². The number of methoxy groups -OCH3 is 1. The number of ether oxygens (including phenoxy) is 1. The van der Waals surface area contributed by atoms with E-state index in [4.69, 9.17) is 10.5 Å². The van der Waals surface area contributed by atoms with Gasteiger partial charge in [-0.1, -0.05) is 44.2 Å². The predicted octanol–water partition coefficient (Wildman–Crippen LogP) is 5.26. The van der Waals surface area contributed by atoms with Gasteiger partial charge in [-0.2, -0.15) is 13.2 Å². The molecule has 0 saturated carbocycles. The Labute approximate surface area is 151 Å². The van der Waals surface area contributed by atoms with Crippen molar-refractivity contribution in [2.75, 3.05) is 12.8 Å². The van der Waals surface area contributed by atoms with Crippen molar-refractivity contribution in [2.24, 2.45) is 5.92 Å². The van der Waals surface area contributed by atoms with Crippen molar-refractivity contribution in [3.8, 4) is 11.1 Å². The van der Waals surface area contributed by atoms with Gasteiger partial charge in [0, 0.05) is 5.69 Å². The van der Waals surface area contributed by atoms with Gasteiger partial charge in [-0.15, -0.1) is 0 Å². The molecule has 0 amide bonds. The molecular formula is C20H22F3NO2. The maximum absolute atomic E-state index is 13.7. The van der Waals surface area contributed by atoms with Crippen LogP contribution < -0.4 is 5.73 Å². The van der Waals surface area contributed by atoms with Crippen LogP contribution in [-0.2, 0) is 15.7 Å². The number of hydrogen-bond acceptors (Lipinski definition) is 3. The molecule has 2 rings (SSSR count). The van der Waals surface area contributed by atoms with Gasteiger partial charge in [0.05, 0.1) is 18.6 Å². The minimum absolute atomic E-state index is 0.00166. The number of carbonyl (C=O) groups is 1. The molecule has 1 atom stereocenters. The molecule has 0 heterocycles. The van der Waals surface area contributed by atoms with E-state index in [1.165, 1.54) is 19.2 Å². The lowest BCUT2D eigenvalue weighted by Crippen LogP contribution is -2.22. The summed E-state index contributed by atoms with van der Waals surface area (Å²) in [5.74, 6) is -1.74. The lowest BCUT2D eigenvalue weighted by molar-refractivity contribution is -0.144. The Morgan fingerprint density at radius 1 is 1.12 bits per heavy atom. The first-order chi connectivity index (χ1) is 12.1. The van der Waals surface area contributed by atoms with E-state index in [0.29, 0.717) is 5.56 Å². The first kappa shape index (κ1) is 19.8. The number of nitrogen functional groups attached to an aromatic ring is 1. The molecule has 6 heteroatoms. The standard InChI is InChI=1S/C20H22F3NO2/c1-12(2)9-16(19(25)26-3)15-10-14(13-7-5-4-6-8-13)11-17(24)18(15)20(21,22)23/h4-8,10-12,16H,9,24H2,1-3H3. The largest absolute Gasteiger partial charge is 0.469 e. The fourth-order valence-electron chi connectivity index (χ4n) is 3.05.